The molecule has 0 aromatic rings. The van der Waals surface area contributed by atoms with E-state index in [-0.39, 0.29) is 0 Å². The Kier molecular flexibility index (Phi) is 21.8. The average molecular weight is 397 g/mol. The Balaban J connectivity index is 3.10. The number of ether oxygens (including phenoxy) is 1. The van der Waals surface area contributed by atoms with Crippen molar-refractivity contribution in [3.8, 4) is 0 Å². The molecule has 1 unspecified atom stereocenters. The molecule has 28 heavy (non-hydrogen) atoms. The van der Waals surface area contributed by atoms with Gasteiger partial charge in [0.1, 0.15) is 0 Å². The zero-order valence-electron chi connectivity index (χ0n) is 18.8. The first kappa shape index (κ1) is 27.2. The van der Waals surface area contributed by atoms with Crippen LogP contribution < -0.4 is 0 Å². The molecule has 3 nitrogen and oxygen atoms in total. The minimum Gasteiger partial charge on any atom is -0.433 e. The maximum atomic E-state index is 10.9. The van der Waals surface area contributed by atoms with E-state index in [0.29, 0.717) is 6.42 Å². The van der Waals surface area contributed by atoms with Crippen molar-refractivity contribution in [1.29, 1.82) is 0 Å². The Morgan fingerprint density at radius 2 is 1.04 bits per heavy atom. The summed E-state index contributed by atoms with van der Waals surface area (Å²) in [6.07, 6.45) is 26.3. The van der Waals surface area contributed by atoms with Crippen LogP contribution in [0.15, 0.2) is 12.7 Å². The average Bonchev–Trinajstić information content (AvgIpc) is 2.69. The third-order valence-corrected chi connectivity index (χ3v) is 5.47. The molecule has 0 radical (unpaired) electrons. The van der Waals surface area contributed by atoms with E-state index in [4.69, 9.17) is 4.74 Å². The second-order valence-electron chi connectivity index (χ2n) is 8.25. The van der Waals surface area contributed by atoms with Crippen LogP contribution in [0.3, 0.4) is 0 Å². The standard InChI is InChI=1S/C25H48O3/c1-3-5-6-7-8-9-10-11-12-13-14-15-16-17-18-19-20-21-22-23-25(27)28-24(26)4-2/h4,25,27H,2-3,5-23H2,1H3. The summed E-state index contributed by atoms with van der Waals surface area (Å²) in [5, 5.41) is 9.50. The fraction of sp³-hybridized carbons (Fsp3) is 0.880. The molecule has 166 valence electrons. The lowest BCUT2D eigenvalue weighted by molar-refractivity contribution is -0.162. The van der Waals surface area contributed by atoms with E-state index in [2.05, 4.69) is 13.5 Å². The Labute approximate surface area is 175 Å². The second-order valence-corrected chi connectivity index (χ2v) is 8.25. The van der Waals surface area contributed by atoms with Crippen LogP contribution >= 0.6 is 0 Å². The molecule has 0 rings (SSSR count). The molecule has 0 heterocycles. The summed E-state index contributed by atoms with van der Waals surface area (Å²) < 4.78 is 4.74. The van der Waals surface area contributed by atoms with Gasteiger partial charge in [-0.1, -0.05) is 129 Å². The van der Waals surface area contributed by atoms with Gasteiger partial charge in [0.15, 0.2) is 0 Å². The van der Waals surface area contributed by atoms with Gasteiger partial charge in [-0.05, 0) is 6.42 Å². The highest BCUT2D eigenvalue weighted by atomic mass is 16.6. The minimum atomic E-state index is -0.976. The van der Waals surface area contributed by atoms with Gasteiger partial charge in [-0.3, -0.25) is 0 Å². The van der Waals surface area contributed by atoms with Crippen molar-refractivity contribution in [1.82, 2.24) is 0 Å². The van der Waals surface area contributed by atoms with E-state index in [1.165, 1.54) is 109 Å². The maximum absolute atomic E-state index is 10.9. The quantitative estimate of drug-likeness (QED) is 0.0876. The smallest absolute Gasteiger partial charge is 0.332 e. The molecule has 0 saturated carbocycles. The van der Waals surface area contributed by atoms with Crippen LogP contribution in [0.2, 0.25) is 0 Å². The van der Waals surface area contributed by atoms with Gasteiger partial charge in [0.25, 0.3) is 0 Å². The molecule has 0 aromatic carbocycles. The number of hydrogen-bond donors (Lipinski definition) is 1. The Hall–Kier alpha value is -0.830. The van der Waals surface area contributed by atoms with E-state index >= 15 is 0 Å². The van der Waals surface area contributed by atoms with Crippen LogP contribution in [-0.2, 0) is 9.53 Å². The minimum absolute atomic E-state index is 0.526. The third-order valence-electron chi connectivity index (χ3n) is 5.47. The molecule has 0 saturated heterocycles. The predicted octanol–water partition coefficient (Wildman–Crippen LogP) is 7.86. The van der Waals surface area contributed by atoms with E-state index < -0.39 is 12.3 Å². The van der Waals surface area contributed by atoms with Crippen LogP contribution in [0, 0.1) is 0 Å². The summed E-state index contributed by atoms with van der Waals surface area (Å²) in [5.74, 6) is -0.551. The topological polar surface area (TPSA) is 46.5 Å². The number of unbranched alkanes of at least 4 members (excludes halogenated alkanes) is 18. The Morgan fingerprint density at radius 3 is 1.36 bits per heavy atom. The number of rotatable bonds is 22. The van der Waals surface area contributed by atoms with E-state index in [1.54, 1.807) is 0 Å². The van der Waals surface area contributed by atoms with Gasteiger partial charge >= 0.3 is 5.97 Å². The number of carbonyl (C=O) groups is 1. The van der Waals surface area contributed by atoms with Crippen LogP contribution in [0.4, 0.5) is 0 Å². The van der Waals surface area contributed by atoms with E-state index in [1.807, 2.05) is 0 Å². The van der Waals surface area contributed by atoms with Crippen molar-refractivity contribution in [2.45, 2.75) is 142 Å². The zero-order valence-corrected chi connectivity index (χ0v) is 18.8. The molecule has 0 spiro atoms. The number of esters is 1. The molecule has 0 fully saturated rings. The van der Waals surface area contributed by atoms with Crippen LogP contribution in [-0.4, -0.2) is 17.4 Å². The predicted molar refractivity (Wildman–Crippen MR) is 120 cm³/mol. The van der Waals surface area contributed by atoms with Crippen molar-refractivity contribution in [3.05, 3.63) is 12.7 Å². The molecule has 0 aromatic heterocycles. The molecule has 0 aliphatic rings. The van der Waals surface area contributed by atoms with Crippen molar-refractivity contribution in [3.63, 3.8) is 0 Å². The lowest BCUT2D eigenvalue weighted by Gasteiger charge is -2.10. The van der Waals surface area contributed by atoms with Crippen molar-refractivity contribution < 1.29 is 14.6 Å². The van der Waals surface area contributed by atoms with Gasteiger partial charge in [-0.15, -0.1) is 0 Å². The summed E-state index contributed by atoms with van der Waals surface area (Å²) in [7, 11) is 0. The van der Waals surface area contributed by atoms with Crippen LogP contribution in [0.5, 0.6) is 0 Å². The highest BCUT2D eigenvalue weighted by molar-refractivity contribution is 5.81. The lowest BCUT2D eigenvalue weighted by Crippen LogP contribution is -2.15. The summed E-state index contributed by atoms with van der Waals surface area (Å²) >= 11 is 0. The zero-order chi connectivity index (χ0) is 20.7. The summed E-state index contributed by atoms with van der Waals surface area (Å²) in [6.45, 7) is 5.60. The fourth-order valence-electron chi connectivity index (χ4n) is 3.64. The molecule has 1 N–H and O–H groups in total. The molecule has 0 aliphatic carbocycles. The molecule has 0 amide bonds. The molecular formula is C25H48O3. The molecule has 3 heteroatoms. The largest absolute Gasteiger partial charge is 0.433 e. The SMILES string of the molecule is C=CC(=O)OC(O)CCCCCCCCCCCCCCCCCCCCC. The van der Waals surface area contributed by atoms with E-state index in [9.17, 15) is 9.90 Å². The monoisotopic (exact) mass is 396 g/mol. The first-order valence-electron chi connectivity index (χ1n) is 12.2. The van der Waals surface area contributed by atoms with Gasteiger partial charge in [0, 0.05) is 12.5 Å². The fourth-order valence-corrected chi connectivity index (χ4v) is 3.64. The molecular weight excluding hydrogens is 348 g/mol. The summed E-state index contributed by atoms with van der Waals surface area (Å²) in [5.41, 5.74) is 0. The third kappa shape index (κ3) is 21.5. The van der Waals surface area contributed by atoms with Crippen LogP contribution in [0.25, 0.3) is 0 Å². The van der Waals surface area contributed by atoms with Gasteiger partial charge in [-0.25, -0.2) is 4.79 Å². The normalized spacial score (nSPS) is 12.1. The van der Waals surface area contributed by atoms with Crippen LogP contribution in [0.1, 0.15) is 135 Å². The van der Waals surface area contributed by atoms with E-state index in [0.717, 1.165) is 18.9 Å². The highest BCUT2D eigenvalue weighted by Crippen LogP contribution is 2.15. The van der Waals surface area contributed by atoms with Gasteiger partial charge in [0.2, 0.25) is 6.29 Å². The number of hydrogen-bond acceptors (Lipinski definition) is 3. The Morgan fingerprint density at radius 1 is 0.714 bits per heavy atom. The van der Waals surface area contributed by atoms with Crippen molar-refractivity contribution in [2.75, 3.05) is 0 Å². The second kappa shape index (κ2) is 22.5. The number of aliphatic hydroxyl groups is 1. The Bertz CT molecular complexity index is 341. The summed E-state index contributed by atoms with van der Waals surface area (Å²) in [6, 6.07) is 0. The molecule has 0 aliphatic heterocycles. The van der Waals surface area contributed by atoms with Crippen molar-refractivity contribution >= 4 is 5.97 Å². The first-order chi connectivity index (χ1) is 13.7. The molecule has 1 atom stereocenters. The van der Waals surface area contributed by atoms with Gasteiger partial charge in [-0.2, -0.15) is 0 Å². The maximum Gasteiger partial charge on any atom is 0.332 e. The van der Waals surface area contributed by atoms with Gasteiger partial charge in [0.05, 0.1) is 0 Å². The van der Waals surface area contributed by atoms with Crippen molar-refractivity contribution in [2.24, 2.45) is 0 Å². The summed E-state index contributed by atoms with van der Waals surface area (Å²) in [4.78, 5) is 10.9. The number of aliphatic hydroxyl groups excluding tert-OH is 1. The van der Waals surface area contributed by atoms with Gasteiger partial charge < -0.3 is 9.84 Å². The first-order valence-corrected chi connectivity index (χ1v) is 12.2. The number of carbonyl (C=O) groups excluding carboxylic acids is 1. The lowest BCUT2D eigenvalue weighted by atomic mass is 10.0. The molecule has 0 bridgehead atoms. The highest BCUT2D eigenvalue weighted by Gasteiger charge is 2.07.